The third-order valence-electron chi connectivity index (χ3n) is 4.17. The lowest BCUT2D eigenvalue weighted by atomic mass is 10.2. The number of hydrogen-bond acceptors (Lipinski definition) is 3. The van der Waals surface area contributed by atoms with E-state index in [2.05, 4.69) is 9.88 Å². The van der Waals surface area contributed by atoms with Gasteiger partial charge >= 0.3 is 0 Å². The molecule has 5 heteroatoms. The van der Waals surface area contributed by atoms with E-state index in [0.29, 0.717) is 5.52 Å². The first kappa shape index (κ1) is 12.6. The van der Waals surface area contributed by atoms with Crippen molar-refractivity contribution in [3.8, 4) is 0 Å². The van der Waals surface area contributed by atoms with Crippen LogP contribution < -0.4 is 4.90 Å². The van der Waals surface area contributed by atoms with Crippen LogP contribution >= 0.6 is 0 Å². The van der Waals surface area contributed by atoms with Crippen molar-refractivity contribution in [1.82, 2.24) is 14.4 Å². The van der Waals surface area contributed by atoms with Crippen LogP contribution in [0, 0.1) is 5.82 Å². The summed E-state index contributed by atoms with van der Waals surface area (Å²) in [4.78, 5) is 11.5. The van der Waals surface area contributed by atoms with Crippen molar-refractivity contribution in [2.24, 2.45) is 0 Å². The van der Waals surface area contributed by atoms with Gasteiger partial charge in [0.05, 0.1) is 11.0 Å². The Hall–Kier alpha value is -2.17. The second-order valence-electron chi connectivity index (χ2n) is 5.59. The highest BCUT2D eigenvalue weighted by Crippen LogP contribution is 2.26. The Kier molecular flexibility index (Phi) is 2.98. The molecule has 0 saturated carbocycles. The van der Waals surface area contributed by atoms with E-state index in [9.17, 15) is 4.39 Å². The Morgan fingerprint density at radius 3 is 2.67 bits per heavy atom. The number of fused-ring (bicyclic) bond motifs is 3. The number of anilines is 1. The minimum Gasteiger partial charge on any atom is -0.354 e. The molecule has 21 heavy (non-hydrogen) atoms. The predicted octanol–water partition coefficient (Wildman–Crippen LogP) is 3.40. The van der Waals surface area contributed by atoms with E-state index in [0.717, 1.165) is 30.1 Å². The summed E-state index contributed by atoms with van der Waals surface area (Å²) < 4.78 is 15.5. The lowest BCUT2D eigenvalue weighted by Crippen LogP contribution is -2.25. The van der Waals surface area contributed by atoms with Gasteiger partial charge in [0.1, 0.15) is 5.82 Å². The molecule has 4 nitrogen and oxygen atoms in total. The van der Waals surface area contributed by atoms with E-state index in [1.807, 2.05) is 10.6 Å². The van der Waals surface area contributed by atoms with E-state index in [-0.39, 0.29) is 5.82 Å². The lowest BCUT2D eigenvalue weighted by molar-refractivity contribution is 0.629. The molecule has 4 rings (SSSR count). The largest absolute Gasteiger partial charge is 0.354 e. The van der Waals surface area contributed by atoms with Crippen molar-refractivity contribution in [2.45, 2.75) is 25.7 Å². The lowest BCUT2D eigenvalue weighted by Gasteiger charge is -2.22. The fourth-order valence-corrected chi connectivity index (χ4v) is 3.11. The van der Waals surface area contributed by atoms with Crippen LogP contribution in [-0.2, 0) is 0 Å². The first-order chi connectivity index (χ1) is 10.3. The molecule has 1 saturated heterocycles. The van der Waals surface area contributed by atoms with Crippen molar-refractivity contribution in [2.75, 3.05) is 18.0 Å². The van der Waals surface area contributed by atoms with Gasteiger partial charge in [-0.05, 0) is 25.0 Å². The van der Waals surface area contributed by atoms with Gasteiger partial charge in [-0.1, -0.05) is 12.8 Å². The van der Waals surface area contributed by atoms with Crippen LogP contribution in [0.3, 0.4) is 0 Å². The maximum atomic E-state index is 13.5. The van der Waals surface area contributed by atoms with Gasteiger partial charge < -0.3 is 4.90 Å². The average molecular weight is 284 g/mol. The van der Waals surface area contributed by atoms with Crippen LogP contribution in [0.5, 0.6) is 0 Å². The van der Waals surface area contributed by atoms with E-state index < -0.39 is 0 Å². The van der Waals surface area contributed by atoms with Crippen molar-refractivity contribution in [1.29, 1.82) is 0 Å². The molecule has 3 aromatic rings. The Bertz CT molecular complexity index is 787. The summed E-state index contributed by atoms with van der Waals surface area (Å²) >= 11 is 0. The molecule has 0 amide bonds. The highest BCUT2D eigenvalue weighted by Gasteiger charge is 2.17. The third-order valence-corrected chi connectivity index (χ3v) is 4.17. The van der Waals surface area contributed by atoms with E-state index in [1.54, 1.807) is 12.3 Å². The molecule has 0 spiro atoms. The quantitative estimate of drug-likeness (QED) is 0.686. The number of rotatable bonds is 1. The SMILES string of the molecule is Fc1ccc2c(c1)nc(N1CCCCCC1)c1nccn12. The van der Waals surface area contributed by atoms with Crippen LogP contribution in [0.15, 0.2) is 30.6 Å². The number of imidazole rings is 1. The molecule has 1 aliphatic heterocycles. The highest BCUT2D eigenvalue weighted by molar-refractivity contribution is 5.83. The average Bonchev–Trinajstić information content (AvgIpc) is 2.81. The first-order valence-corrected chi connectivity index (χ1v) is 7.50. The van der Waals surface area contributed by atoms with E-state index in [1.165, 1.54) is 37.8 Å². The van der Waals surface area contributed by atoms with Crippen LogP contribution in [0.2, 0.25) is 0 Å². The summed E-state index contributed by atoms with van der Waals surface area (Å²) in [5, 5.41) is 0. The second kappa shape index (κ2) is 4.98. The van der Waals surface area contributed by atoms with E-state index >= 15 is 0 Å². The molecule has 0 aliphatic carbocycles. The zero-order valence-electron chi connectivity index (χ0n) is 11.8. The molecule has 2 aromatic heterocycles. The number of hydrogen-bond donors (Lipinski definition) is 0. The summed E-state index contributed by atoms with van der Waals surface area (Å²) in [6, 6.07) is 4.73. The van der Waals surface area contributed by atoms with Gasteiger partial charge in [-0.3, -0.25) is 4.40 Å². The second-order valence-corrected chi connectivity index (χ2v) is 5.59. The Morgan fingerprint density at radius 2 is 1.86 bits per heavy atom. The summed E-state index contributed by atoms with van der Waals surface area (Å²) in [6.45, 7) is 1.99. The topological polar surface area (TPSA) is 33.4 Å². The Morgan fingerprint density at radius 1 is 1.05 bits per heavy atom. The number of aromatic nitrogens is 3. The number of halogens is 1. The minimum absolute atomic E-state index is 0.253. The van der Waals surface area contributed by atoms with E-state index in [4.69, 9.17) is 4.98 Å². The number of benzene rings is 1. The summed E-state index contributed by atoms with van der Waals surface area (Å²) in [7, 11) is 0. The van der Waals surface area contributed by atoms with Crippen molar-refractivity contribution >= 4 is 22.5 Å². The number of nitrogens with zero attached hydrogens (tertiary/aromatic N) is 4. The molecule has 0 bridgehead atoms. The molecule has 0 radical (unpaired) electrons. The molecule has 0 unspecified atom stereocenters. The fourth-order valence-electron chi connectivity index (χ4n) is 3.11. The van der Waals surface area contributed by atoms with Gasteiger partial charge in [-0.2, -0.15) is 0 Å². The minimum atomic E-state index is -0.253. The molecule has 0 N–H and O–H groups in total. The van der Waals surface area contributed by atoms with Crippen LogP contribution in [0.25, 0.3) is 16.7 Å². The molecule has 3 heterocycles. The molecule has 1 aromatic carbocycles. The Labute approximate surface area is 122 Å². The van der Waals surface area contributed by atoms with Gasteiger partial charge in [0.15, 0.2) is 11.5 Å². The molecular formula is C16H17FN4. The fraction of sp³-hybridized carbons (Fsp3) is 0.375. The third kappa shape index (κ3) is 2.13. The normalized spacial score (nSPS) is 16.5. The first-order valence-electron chi connectivity index (χ1n) is 7.50. The standard InChI is InChI=1S/C16H17FN4/c17-12-5-6-14-13(11-12)19-16(15-18-7-10-21(14)15)20-8-3-1-2-4-9-20/h5-7,10-11H,1-4,8-9H2. The van der Waals surface area contributed by atoms with Gasteiger partial charge in [-0.15, -0.1) is 0 Å². The van der Waals surface area contributed by atoms with Crippen LogP contribution in [0.4, 0.5) is 10.2 Å². The van der Waals surface area contributed by atoms with Crippen LogP contribution in [0.1, 0.15) is 25.7 Å². The highest BCUT2D eigenvalue weighted by atomic mass is 19.1. The molecule has 108 valence electrons. The molecule has 1 fully saturated rings. The zero-order valence-corrected chi connectivity index (χ0v) is 11.8. The van der Waals surface area contributed by atoms with Crippen LogP contribution in [-0.4, -0.2) is 27.5 Å². The van der Waals surface area contributed by atoms with Crippen molar-refractivity contribution in [3.63, 3.8) is 0 Å². The van der Waals surface area contributed by atoms with Gasteiger partial charge in [0.25, 0.3) is 0 Å². The monoisotopic (exact) mass is 284 g/mol. The van der Waals surface area contributed by atoms with Gasteiger partial charge in [-0.25, -0.2) is 14.4 Å². The van der Waals surface area contributed by atoms with Crippen molar-refractivity contribution in [3.05, 3.63) is 36.4 Å². The van der Waals surface area contributed by atoms with Gasteiger partial charge in [0, 0.05) is 31.5 Å². The Balaban J connectivity index is 1.94. The maximum Gasteiger partial charge on any atom is 0.180 e. The summed E-state index contributed by atoms with van der Waals surface area (Å²) in [5.74, 6) is 0.622. The molecule has 1 aliphatic rings. The maximum absolute atomic E-state index is 13.5. The molecular weight excluding hydrogens is 267 g/mol. The summed E-state index contributed by atoms with van der Waals surface area (Å²) in [5.41, 5.74) is 2.43. The van der Waals surface area contributed by atoms with Crippen molar-refractivity contribution < 1.29 is 4.39 Å². The zero-order chi connectivity index (χ0) is 14.2. The smallest absolute Gasteiger partial charge is 0.180 e. The molecule has 0 atom stereocenters. The summed E-state index contributed by atoms with van der Waals surface area (Å²) in [6.07, 6.45) is 8.58. The predicted molar refractivity (Wildman–Crippen MR) is 81.1 cm³/mol. The van der Waals surface area contributed by atoms with Gasteiger partial charge in [0.2, 0.25) is 0 Å².